The Bertz CT molecular complexity index is 1090. The molecule has 3 aromatic carbocycles. The minimum absolute atomic E-state index is 0.149. The van der Waals surface area contributed by atoms with E-state index in [4.69, 9.17) is 5.73 Å². The Labute approximate surface area is 186 Å². The quantitative estimate of drug-likeness (QED) is 0.361. The van der Waals surface area contributed by atoms with Gasteiger partial charge in [0.2, 0.25) is 0 Å². The minimum atomic E-state index is -0.300. The lowest BCUT2D eigenvalue weighted by Crippen LogP contribution is -2.33. The lowest BCUT2D eigenvalue weighted by Gasteiger charge is -2.26. The van der Waals surface area contributed by atoms with Gasteiger partial charge < -0.3 is 10.6 Å². The number of nitrogens with two attached hydrogens (primary N) is 1. The van der Waals surface area contributed by atoms with Crippen molar-refractivity contribution < 1.29 is 4.79 Å². The highest BCUT2D eigenvalue weighted by atomic mass is 31.0. The molecule has 0 aliphatic heterocycles. The van der Waals surface area contributed by atoms with Crippen LogP contribution in [0.15, 0.2) is 95.5 Å². The van der Waals surface area contributed by atoms with Crippen molar-refractivity contribution >= 4 is 32.0 Å². The van der Waals surface area contributed by atoms with Gasteiger partial charge in [0, 0.05) is 18.3 Å². The van der Waals surface area contributed by atoms with Crippen molar-refractivity contribution in [1.82, 2.24) is 4.90 Å². The molecule has 0 radical (unpaired) electrons. The highest BCUT2D eigenvalue weighted by Crippen LogP contribution is 2.25. The summed E-state index contributed by atoms with van der Waals surface area (Å²) in [5, 5.41) is 0.814. The summed E-state index contributed by atoms with van der Waals surface area (Å²) in [6.07, 6.45) is 0.787. The number of amidine groups is 1. The summed E-state index contributed by atoms with van der Waals surface area (Å²) in [6, 6.07) is 27.8. The van der Waals surface area contributed by atoms with Gasteiger partial charge in [0.15, 0.2) is 0 Å². The van der Waals surface area contributed by atoms with Gasteiger partial charge in [-0.15, -0.1) is 9.24 Å². The van der Waals surface area contributed by atoms with Gasteiger partial charge in [-0.1, -0.05) is 78.9 Å². The van der Waals surface area contributed by atoms with Crippen LogP contribution in [0, 0.1) is 0 Å². The maximum absolute atomic E-state index is 12.9. The average molecular weight is 430 g/mol. The summed E-state index contributed by atoms with van der Waals surface area (Å²) in [5.74, 6) is 0.218. The van der Waals surface area contributed by atoms with E-state index in [-0.39, 0.29) is 12.5 Å². The first-order valence-corrected chi connectivity index (χ1v) is 10.8. The molecule has 0 spiro atoms. The van der Waals surface area contributed by atoms with Gasteiger partial charge in [-0.3, -0.25) is 4.79 Å². The van der Waals surface area contributed by atoms with Crippen molar-refractivity contribution in [3.8, 4) is 0 Å². The van der Waals surface area contributed by atoms with Gasteiger partial charge in [0.1, 0.15) is 5.84 Å². The summed E-state index contributed by atoms with van der Waals surface area (Å²) in [5.41, 5.74) is 11.1. The van der Waals surface area contributed by atoms with Gasteiger partial charge in [-0.25, -0.2) is 0 Å². The number of benzene rings is 3. The molecule has 0 fully saturated rings. The average Bonchev–Trinajstić information content (AvgIpc) is 2.79. The van der Waals surface area contributed by atoms with Crippen molar-refractivity contribution in [3.63, 3.8) is 0 Å². The minimum Gasteiger partial charge on any atom is -0.331 e. The summed E-state index contributed by atoms with van der Waals surface area (Å²) in [6.45, 7) is 2.26. The topological polar surface area (TPSA) is 58.7 Å². The zero-order chi connectivity index (χ0) is 22.2. The lowest BCUT2D eigenvalue weighted by molar-refractivity contribution is 0.100. The van der Waals surface area contributed by atoms with Crippen molar-refractivity contribution in [2.45, 2.75) is 13.3 Å². The number of allylic oxidation sites excluding steroid dienone is 1. The third-order valence-corrected chi connectivity index (χ3v) is 5.59. The van der Waals surface area contributed by atoms with Gasteiger partial charge in [0.25, 0.3) is 5.91 Å². The second-order valence-electron chi connectivity index (χ2n) is 7.34. The highest BCUT2D eigenvalue weighted by molar-refractivity contribution is 7.27. The van der Waals surface area contributed by atoms with E-state index in [1.165, 1.54) is 11.1 Å². The normalized spacial score (nSPS) is 12.3. The second-order valence-corrected chi connectivity index (χ2v) is 7.96. The van der Waals surface area contributed by atoms with Gasteiger partial charge in [-0.2, -0.15) is 4.99 Å². The molecule has 5 heteroatoms. The molecule has 31 heavy (non-hydrogen) atoms. The fraction of sp³-hybridized carbons (Fsp3) is 0.154. The molecule has 3 rings (SSSR count). The van der Waals surface area contributed by atoms with E-state index >= 15 is 0 Å². The van der Waals surface area contributed by atoms with Gasteiger partial charge in [-0.05, 0) is 41.4 Å². The number of hydrogen-bond donors (Lipinski definition) is 1. The Morgan fingerprint density at radius 3 is 2.13 bits per heavy atom. The fourth-order valence-corrected chi connectivity index (χ4v) is 3.89. The van der Waals surface area contributed by atoms with E-state index in [9.17, 15) is 4.79 Å². The van der Waals surface area contributed by atoms with Crippen LogP contribution in [0.2, 0.25) is 0 Å². The van der Waals surface area contributed by atoms with Crippen LogP contribution in [-0.2, 0) is 6.42 Å². The lowest BCUT2D eigenvalue weighted by atomic mass is 10.00. The molecule has 158 valence electrons. The van der Waals surface area contributed by atoms with E-state index in [1.54, 1.807) is 6.07 Å². The molecule has 0 heterocycles. The van der Waals surface area contributed by atoms with Crippen LogP contribution in [0.5, 0.6) is 0 Å². The Hall–Kier alpha value is -3.07. The predicted molar refractivity (Wildman–Crippen MR) is 134 cm³/mol. The zero-order valence-electron chi connectivity index (χ0n) is 18.0. The molecule has 0 saturated carbocycles. The van der Waals surface area contributed by atoms with Crippen LogP contribution in [0.4, 0.5) is 0 Å². The van der Waals surface area contributed by atoms with Crippen molar-refractivity contribution in [2.75, 3.05) is 13.6 Å². The number of likely N-dealkylation sites (N-methyl/N-ethyl adjacent to an activating group) is 1. The maximum Gasteiger partial charge on any atom is 0.279 e. The van der Waals surface area contributed by atoms with Crippen LogP contribution >= 0.6 is 9.24 Å². The van der Waals surface area contributed by atoms with E-state index < -0.39 is 0 Å². The first-order chi connectivity index (χ1) is 15.0. The number of carbonyl (C=O) groups excluding carboxylic acids is 1. The van der Waals surface area contributed by atoms with Crippen LogP contribution in [0.3, 0.4) is 0 Å². The number of amides is 1. The zero-order valence-corrected chi connectivity index (χ0v) is 19.1. The first-order valence-electron chi connectivity index (χ1n) is 10.2. The summed E-state index contributed by atoms with van der Waals surface area (Å²) in [4.78, 5) is 19.2. The van der Waals surface area contributed by atoms with Crippen LogP contribution in [-0.4, -0.2) is 30.2 Å². The maximum atomic E-state index is 12.9. The molecule has 0 saturated heterocycles. The number of carbonyl (C=O) groups is 1. The Balaban J connectivity index is 2.02. The summed E-state index contributed by atoms with van der Waals surface area (Å²) < 4.78 is 0. The molecular formula is C26H28N3OP. The van der Waals surface area contributed by atoms with E-state index in [0.717, 1.165) is 23.0 Å². The molecule has 4 nitrogen and oxygen atoms in total. The Kier molecular flexibility index (Phi) is 7.88. The molecule has 1 unspecified atom stereocenters. The summed E-state index contributed by atoms with van der Waals surface area (Å²) in [7, 11) is 4.50. The molecule has 0 bridgehead atoms. The molecule has 0 aliphatic carbocycles. The van der Waals surface area contributed by atoms with Crippen molar-refractivity contribution in [1.29, 1.82) is 0 Å². The van der Waals surface area contributed by atoms with Crippen LogP contribution in [0.1, 0.15) is 28.4 Å². The molecule has 3 aromatic rings. The molecular weight excluding hydrogens is 401 g/mol. The number of nitrogens with zero attached hydrogens (tertiary/aromatic N) is 2. The second kappa shape index (κ2) is 10.8. The summed E-state index contributed by atoms with van der Waals surface area (Å²) >= 11 is 0. The molecule has 0 aliphatic rings. The largest absolute Gasteiger partial charge is 0.331 e. The molecule has 1 amide bonds. The van der Waals surface area contributed by atoms with E-state index in [1.807, 2.05) is 66.5 Å². The van der Waals surface area contributed by atoms with Crippen LogP contribution in [0.25, 0.3) is 5.70 Å². The number of hydrogen-bond acceptors (Lipinski definition) is 2. The van der Waals surface area contributed by atoms with Crippen LogP contribution < -0.4 is 11.0 Å². The van der Waals surface area contributed by atoms with E-state index in [2.05, 4.69) is 45.4 Å². The monoisotopic (exact) mass is 429 g/mol. The SMILES string of the molecule is C/C(Cc1ccccc1)=C(/c1ccccc1)N(C)/C(CN)=N/C(=O)c1ccccc1P. The number of rotatable bonds is 6. The van der Waals surface area contributed by atoms with Gasteiger partial charge in [0.05, 0.1) is 6.54 Å². The Morgan fingerprint density at radius 1 is 0.935 bits per heavy atom. The molecule has 0 aromatic heterocycles. The highest BCUT2D eigenvalue weighted by Gasteiger charge is 2.18. The number of aliphatic imine (C=N–C) groups is 1. The first kappa shape index (κ1) is 22.6. The van der Waals surface area contributed by atoms with E-state index in [0.29, 0.717) is 11.4 Å². The smallest absolute Gasteiger partial charge is 0.279 e. The van der Waals surface area contributed by atoms with Crippen molar-refractivity contribution in [3.05, 3.63) is 107 Å². The molecule has 2 N–H and O–H groups in total. The third-order valence-electron chi connectivity index (χ3n) is 5.09. The fourth-order valence-electron chi connectivity index (χ4n) is 3.56. The third kappa shape index (κ3) is 5.75. The van der Waals surface area contributed by atoms with Crippen molar-refractivity contribution in [2.24, 2.45) is 10.7 Å². The molecule has 1 atom stereocenters. The standard InChI is InChI=1S/C26H28N3OP/c1-19(17-20-11-5-3-6-12-20)25(21-13-7-4-8-14-21)29(2)24(18-27)28-26(30)22-15-9-10-16-23(22)31/h3-16H,17-18,27,31H2,1-2H3/b25-19+,28-24+. The predicted octanol–water partition coefficient (Wildman–Crippen LogP) is 4.29. The Morgan fingerprint density at radius 2 is 1.52 bits per heavy atom. The van der Waals surface area contributed by atoms with Gasteiger partial charge >= 0.3 is 0 Å².